The zero-order valence-corrected chi connectivity index (χ0v) is 12.9. The van der Waals surface area contributed by atoms with Crippen molar-refractivity contribution in [1.29, 1.82) is 0 Å². The third kappa shape index (κ3) is 1.91. The highest BCUT2D eigenvalue weighted by molar-refractivity contribution is 5.92. The minimum Gasteiger partial charge on any atom is -0.449 e. The van der Waals surface area contributed by atoms with Crippen molar-refractivity contribution in [2.24, 2.45) is 11.8 Å². The molecule has 3 nitrogen and oxygen atoms in total. The summed E-state index contributed by atoms with van der Waals surface area (Å²) in [5.74, 6) is 2.01. The Morgan fingerprint density at radius 3 is 3.00 bits per heavy atom. The van der Waals surface area contributed by atoms with Crippen LogP contribution in [0.25, 0.3) is 0 Å². The second kappa shape index (κ2) is 5.45. The predicted molar refractivity (Wildman–Crippen MR) is 87.1 cm³/mol. The van der Waals surface area contributed by atoms with Gasteiger partial charge in [0.1, 0.15) is 0 Å². The Morgan fingerprint density at radius 1 is 1.32 bits per heavy atom. The quantitative estimate of drug-likeness (QED) is 0.605. The van der Waals surface area contributed by atoms with E-state index in [1.807, 2.05) is 17.0 Å². The maximum atomic E-state index is 12.6. The molecule has 4 rings (SSSR count). The number of unbranched alkanes of at least 4 members (excludes halogenated alkanes) is 1. The van der Waals surface area contributed by atoms with Gasteiger partial charge in [-0.3, -0.25) is 4.90 Å². The molecule has 22 heavy (non-hydrogen) atoms. The van der Waals surface area contributed by atoms with Crippen LogP contribution in [0.1, 0.15) is 43.6 Å². The summed E-state index contributed by atoms with van der Waals surface area (Å²) in [6, 6.07) is 8.74. The minimum atomic E-state index is -0.158. The Morgan fingerprint density at radius 2 is 2.14 bits per heavy atom. The third-order valence-electron chi connectivity index (χ3n) is 5.72. The number of nitrogens with zero attached hydrogens (tertiary/aromatic N) is 1. The Balaban J connectivity index is 1.56. The standard InChI is InChI=1S/C19H23NO2/c1-2-3-6-12-22-19(21)20-16-11-5-4-8-15(16)17-13-9-7-10-14(13)18(17)20/h2,4-5,8,11,13-14,17-18H,1,3,6-7,9-10,12H2/t13-,14+,17+,18+/m1/s1. The highest BCUT2D eigenvalue weighted by atomic mass is 16.6. The van der Waals surface area contributed by atoms with E-state index in [2.05, 4.69) is 24.8 Å². The number of carbonyl (C=O) groups excluding carboxylic acids is 1. The molecular weight excluding hydrogens is 274 g/mol. The first-order valence-electron chi connectivity index (χ1n) is 8.48. The fourth-order valence-corrected chi connectivity index (χ4v) is 4.85. The van der Waals surface area contributed by atoms with Crippen LogP contribution >= 0.6 is 0 Å². The molecule has 116 valence electrons. The zero-order chi connectivity index (χ0) is 15.1. The van der Waals surface area contributed by atoms with Crippen molar-refractivity contribution in [1.82, 2.24) is 0 Å². The Labute approximate surface area is 132 Å². The molecule has 0 spiro atoms. The van der Waals surface area contributed by atoms with E-state index in [1.165, 1.54) is 24.8 Å². The maximum Gasteiger partial charge on any atom is 0.414 e. The fourth-order valence-electron chi connectivity index (χ4n) is 4.85. The number of fused-ring (bicyclic) bond motifs is 6. The highest BCUT2D eigenvalue weighted by Gasteiger charge is 2.60. The third-order valence-corrected chi connectivity index (χ3v) is 5.72. The van der Waals surface area contributed by atoms with Crippen LogP contribution in [0.4, 0.5) is 10.5 Å². The van der Waals surface area contributed by atoms with Crippen LogP contribution in [-0.2, 0) is 4.74 Å². The van der Waals surface area contributed by atoms with Crippen molar-refractivity contribution in [3.05, 3.63) is 42.5 Å². The van der Waals surface area contributed by atoms with E-state index in [0.29, 0.717) is 24.5 Å². The minimum absolute atomic E-state index is 0.158. The second-order valence-electron chi connectivity index (χ2n) is 6.75. The average molecular weight is 297 g/mol. The van der Waals surface area contributed by atoms with E-state index in [-0.39, 0.29) is 6.09 Å². The maximum absolute atomic E-state index is 12.6. The normalized spacial score (nSPS) is 31.0. The van der Waals surface area contributed by atoms with Gasteiger partial charge in [0.15, 0.2) is 0 Å². The summed E-state index contributed by atoms with van der Waals surface area (Å²) in [5, 5.41) is 0. The first-order valence-corrected chi connectivity index (χ1v) is 8.48. The average Bonchev–Trinajstić information content (AvgIpc) is 3.05. The molecule has 0 aromatic heterocycles. The number of benzene rings is 1. The SMILES string of the molecule is C=CCCCOC(=O)N1c2ccccc2[C@@H]2[C@@H]3CCC[C@@H]3[C@@H]21. The number of amides is 1. The Kier molecular flexibility index (Phi) is 3.44. The van der Waals surface area contributed by atoms with Crippen LogP contribution in [0.5, 0.6) is 0 Å². The monoisotopic (exact) mass is 297 g/mol. The molecule has 1 aromatic carbocycles. The summed E-state index contributed by atoms with van der Waals surface area (Å²) in [6.45, 7) is 4.18. The highest BCUT2D eigenvalue weighted by Crippen LogP contribution is 2.63. The fraction of sp³-hybridized carbons (Fsp3) is 0.526. The van der Waals surface area contributed by atoms with Crippen molar-refractivity contribution in [2.75, 3.05) is 11.5 Å². The molecule has 3 heteroatoms. The summed E-state index contributed by atoms with van der Waals surface area (Å²) in [4.78, 5) is 14.6. The molecule has 2 aliphatic carbocycles. The van der Waals surface area contributed by atoms with Gasteiger partial charge in [0.2, 0.25) is 0 Å². The van der Waals surface area contributed by atoms with Crippen LogP contribution < -0.4 is 4.90 Å². The van der Waals surface area contributed by atoms with Gasteiger partial charge >= 0.3 is 6.09 Å². The molecule has 0 saturated heterocycles. The number of allylic oxidation sites excluding steroid dienone is 1. The van der Waals surface area contributed by atoms with Gasteiger partial charge in [0.05, 0.1) is 18.3 Å². The van der Waals surface area contributed by atoms with Crippen LogP contribution in [0.15, 0.2) is 36.9 Å². The lowest BCUT2D eigenvalue weighted by Gasteiger charge is -2.47. The summed E-state index contributed by atoms with van der Waals surface area (Å²) in [5.41, 5.74) is 2.44. The smallest absolute Gasteiger partial charge is 0.414 e. The number of ether oxygens (including phenoxy) is 1. The topological polar surface area (TPSA) is 29.5 Å². The van der Waals surface area contributed by atoms with Gasteiger partial charge in [-0.2, -0.15) is 0 Å². The van der Waals surface area contributed by atoms with E-state index >= 15 is 0 Å². The van der Waals surface area contributed by atoms with Crippen LogP contribution in [0.2, 0.25) is 0 Å². The second-order valence-corrected chi connectivity index (χ2v) is 6.75. The number of carbonyl (C=O) groups is 1. The zero-order valence-electron chi connectivity index (χ0n) is 12.9. The van der Waals surface area contributed by atoms with E-state index in [1.54, 1.807) is 0 Å². The van der Waals surface area contributed by atoms with E-state index in [4.69, 9.17) is 4.74 Å². The van der Waals surface area contributed by atoms with Gasteiger partial charge in [-0.15, -0.1) is 6.58 Å². The lowest BCUT2D eigenvalue weighted by atomic mass is 9.61. The van der Waals surface area contributed by atoms with Crippen molar-refractivity contribution >= 4 is 11.8 Å². The van der Waals surface area contributed by atoms with Crippen LogP contribution in [0.3, 0.4) is 0 Å². The summed E-state index contributed by atoms with van der Waals surface area (Å²) >= 11 is 0. The van der Waals surface area contributed by atoms with Gasteiger partial charge in [-0.05, 0) is 49.1 Å². The summed E-state index contributed by atoms with van der Waals surface area (Å²) in [7, 11) is 0. The molecule has 0 unspecified atom stereocenters. The number of anilines is 1. The predicted octanol–water partition coefficient (Wildman–Crippen LogP) is 4.49. The van der Waals surface area contributed by atoms with E-state index in [0.717, 1.165) is 24.4 Å². The van der Waals surface area contributed by atoms with Gasteiger partial charge in [-0.25, -0.2) is 4.79 Å². The molecule has 2 saturated carbocycles. The van der Waals surface area contributed by atoms with Crippen molar-refractivity contribution in [2.45, 2.75) is 44.1 Å². The van der Waals surface area contributed by atoms with Crippen molar-refractivity contribution in [3.8, 4) is 0 Å². The van der Waals surface area contributed by atoms with Crippen molar-refractivity contribution in [3.63, 3.8) is 0 Å². The summed E-state index contributed by atoms with van der Waals surface area (Å²) < 4.78 is 5.53. The van der Waals surface area contributed by atoms with Crippen LogP contribution in [-0.4, -0.2) is 18.7 Å². The number of hydrogen-bond donors (Lipinski definition) is 0. The van der Waals surface area contributed by atoms with Gasteiger partial charge in [0.25, 0.3) is 0 Å². The lowest BCUT2D eigenvalue weighted by Crippen LogP contribution is -2.54. The molecule has 0 N–H and O–H groups in total. The Hall–Kier alpha value is -1.77. The molecule has 0 radical (unpaired) electrons. The first kappa shape index (κ1) is 13.9. The molecule has 1 amide bonds. The number of rotatable bonds is 4. The Bertz CT molecular complexity index is 597. The van der Waals surface area contributed by atoms with E-state index in [9.17, 15) is 4.79 Å². The summed E-state index contributed by atoms with van der Waals surface area (Å²) in [6.07, 6.45) is 7.35. The molecule has 4 atom stereocenters. The van der Waals surface area contributed by atoms with Gasteiger partial charge in [-0.1, -0.05) is 30.7 Å². The molecule has 2 fully saturated rings. The molecule has 1 aliphatic heterocycles. The molecule has 1 aromatic rings. The molecule has 0 bridgehead atoms. The lowest BCUT2D eigenvalue weighted by molar-refractivity contribution is 0.110. The van der Waals surface area contributed by atoms with Gasteiger partial charge < -0.3 is 4.74 Å². The molecule has 1 heterocycles. The molecular formula is C19H23NO2. The van der Waals surface area contributed by atoms with Crippen molar-refractivity contribution < 1.29 is 9.53 Å². The van der Waals surface area contributed by atoms with Gasteiger partial charge in [0, 0.05) is 5.92 Å². The van der Waals surface area contributed by atoms with E-state index < -0.39 is 0 Å². The molecule has 3 aliphatic rings. The first-order chi connectivity index (χ1) is 10.8. The largest absolute Gasteiger partial charge is 0.449 e. The van der Waals surface area contributed by atoms with Crippen LogP contribution in [0, 0.1) is 11.8 Å². The number of para-hydroxylation sites is 1. The number of hydrogen-bond acceptors (Lipinski definition) is 2.